The predicted molar refractivity (Wildman–Crippen MR) is 71.5 cm³/mol. The summed E-state index contributed by atoms with van der Waals surface area (Å²) >= 11 is 0. The van der Waals surface area contributed by atoms with Gasteiger partial charge in [0.1, 0.15) is 5.66 Å². The third-order valence-corrected chi connectivity index (χ3v) is 4.01. The molecule has 1 aliphatic rings. The average Bonchev–Trinajstić information content (AvgIpc) is 2.46. The van der Waals surface area contributed by atoms with E-state index >= 15 is 0 Å². The number of nitrogens with zero attached hydrogens (tertiary/aromatic N) is 2. The molecule has 1 aliphatic heterocycles. The molecule has 0 aromatic heterocycles. The molecule has 0 fully saturated rings. The van der Waals surface area contributed by atoms with E-state index in [9.17, 15) is 5.21 Å². The summed E-state index contributed by atoms with van der Waals surface area (Å²) in [4.78, 5) is 4.76. The molecule has 0 unspecified atom stereocenters. The van der Waals surface area contributed by atoms with Crippen LogP contribution in [0.1, 0.15) is 73.1 Å². The summed E-state index contributed by atoms with van der Waals surface area (Å²) in [6, 6.07) is 0. The largest absolute Gasteiger partial charge is 0.268 e. The summed E-state index contributed by atoms with van der Waals surface area (Å²) in [7, 11) is 0. The normalized spacial score (nSPS) is 22.8. The summed E-state index contributed by atoms with van der Waals surface area (Å²) in [5.41, 5.74) is 0.0841. The minimum Gasteiger partial charge on any atom is -0.268 e. The van der Waals surface area contributed by atoms with Gasteiger partial charge in [-0.25, -0.2) is 0 Å². The van der Waals surface area contributed by atoms with Crippen LogP contribution in [0.4, 0.5) is 0 Å². The van der Waals surface area contributed by atoms with Crippen molar-refractivity contribution in [3.8, 4) is 0 Å². The van der Waals surface area contributed by atoms with Crippen molar-refractivity contribution in [1.29, 1.82) is 0 Å². The zero-order chi connectivity index (χ0) is 13.1. The maximum Gasteiger partial charge on any atom is 0.139 e. The van der Waals surface area contributed by atoms with Crippen molar-refractivity contribution in [2.24, 2.45) is 4.99 Å². The molecule has 0 aliphatic carbocycles. The Balaban J connectivity index is 2.91. The van der Waals surface area contributed by atoms with Crippen LogP contribution in [0.2, 0.25) is 0 Å². The molecule has 0 spiro atoms. The highest BCUT2D eigenvalue weighted by molar-refractivity contribution is 5.92. The van der Waals surface area contributed by atoms with Crippen molar-refractivity contribution in [3.63, 3.8) is 0 Å². The Bertz CT molecular complexity index is 276. The van der Waals surface area contributed by atoms with Crippen LogP contribution in [0.5, 0.6) is 0 Å². The molecule has 1 rings (SSSR count). The molecule has 99 valence electrons. The Morgan fingerprint density at radius 2 is 1.59 bits per heavy atom. The van der Waals surface area contributed by atoms with Gasteiger partial charge in [-0.05, 0) is 46.5 Å². The minimum absolute atomic E-state index is 0.429. The summed E-state index contributed by atoms with van der Waals surface area (Å²) in [6.07, 6.45) is 6.19. The van der Waals surface area contributed by atoms with E-state index in [1.54, 1.807) is 0 Å². The SMILES string of the molecule is CCCCC1(CCCC)N=C(C)C(C)(C)N1[O]. The van der Waals surface area contributed by atoms with E-state index in [-0.39, 0.29) is 0 Å². The van der Waals surface area contributed by atoms with Crippen molar-refractivity contribution in [2.75, 3.05) is 0 Å². The first-order chi connectivity index (χ1) is 7.90. The van der Waals surface area contributed by atoms with E-state index in [0.717, 1.165) is 44.2 Å². The van der Waals surface area contributed by atoms with Crippen molar-refractivity contribution < 1.29 is 5.21 Å². The fraction of sp³-hybridized carbons (Fsp3) is 0.929. The van der Waals surface area contributed by atoms with Crippen LogP contribution in [0.3, 0.4) is 0 Å². The Morgan fingerprint density at radius 3 is 1.88 bits per heavy atom. The number of rotatable bonds is 6. The highest BCUT2D eigenvalue weighted by Gasteiger charge is 2.50. The van der Waals surface area contributed by atoms with Crippen LogP contribution in [0.15, 0.2) is 4.99 Å². The van der Waals surface area contributed by atoms with Crippen molar-refractivity contribution in [1.82, 2.24) is 5.06 Å². The van der Waals surface area contributed by atoms with Crippen LogP contribution < -0.4 is 0 Å². The highest BCUT2D eigenvalue weighted by atomic mass is 16.5. The van der Waals surface area contributed by atoms with Gasteiger partial charge in [0.25, 0.3) is 0 Å². The minimum atomic E-state index is -0.473. The first kappa shape index (κ1) is 14.7. The third-order valence-electron chi connectivity index (χ3n) is 4.01. The lowest BCUT2D eigenvalue weighted by molar-refractivity contribution is -0.254. The quantitative estimate of drug-likeness (QED) is 0.691. The fourth-order valence-corrected chi connectivity index (χ4v) is 2.52. The van der Waals surface area contributed by atoms with Crippen LogP contribution in [0.25, 0.3) is 0 Å². The molecule has 0 amide bonds. The number of hydroxylamine groups is 2. The number of hydrogen-bond donors (Lipinski definition) is 0. The van der Waals surface area contributed by atoms with Crippen LogP contribution in [-0.4, -0.2) is 22.0 Å². The van der Waals surface area contributed by atoms with Gasteiger partial charge in [-0.2, -0.15) is 0 Å². The molecule has 0 aromatic carbocycles. The summed E-state index contributed by atoms with van der Waals surface area (Å²) in [5, 5.41) is 13.8. The fourth-order valence-electron chi connectivity index (χ4n) is 2.52. The lowest BCUT2D eigenvalue weighted by Gasteiger charge is -2.36. The van der Waals surface area contributed by atoms with Gasteiger partial charge in [-0.3, -0.25) is 4.99 Å². The molecule has 3 heteroatoms. The van der Waals surface area contributed by atoms with E-state index < -0.39 is 11.2 Å². The average molecular weight is 239 g/mol. The van der Waals surface area contributed by atoms with Gasteiger partial charge in [0, 0.05) is 5.71 Å². The van der Waals surface area contributed by atoms with Gasteiger partial charge >= 0.3 is 0 Å². The first-order valence-electron chi connectivity index (χ1n) is 6.95. The van der Waals surface area contributed by atoms with Crippen LogP contribution in [-0.2, 0) is 5.21 Å². The Kier molecular flexibility index (Phi) is 4.73. The summed E-state index contributed by atoms with van der Waals surface area (Å²) < 4.78 is 0. The maximum atomic E-state index is 12.6. The number of hydrogen-bond acceptors (Lipinski definition) is 2. The van der Waals surface area contributed by atoms with Crippen molar-refractivity contribution >= 4 is 5.71 Å². The lowest BCUT2D eigenvalue weighted by Crippen LogP contribution is -2.51. The third kappa shape index (κ3) is 2.71. The molecular formula is C14H27N2O. The zero-order valence-electron chi connectivity index (χ0n) is 12.0. The topological polar surface area (TPSA) is 35.5 Å². The van der Waals surface area contributed by atoms with E-state index in [2.05, 4.69) is 13.8 Å². The van der Waals surface area contributed by atoms with Crippen molar-refractivity contribution in [3.05, 3.63) is 0 Å². The summed E-state index contributed by atoms with van der Waals surface area (Å²) in [5.74, 6) is 0. The van der Waals surface area contributed by atoms with E-state index in [4.69, 9.17) is 4.99 Å². The molecule has 0 saturated carbocycles. The first-order valence-corrected chi connectivity index (χ1v) is 6.95. The molecule has 0 N–H and O–H groups in total. The van der Waals surface area contributed by atoms with Crippen LogP contribution in [0, 0.1) is 0 Å². The zero-order valence-corrected chi connectivity index (χ0v) is 12.0. The standard InChI is InChI=1S/C14H27N2O/c1-6-8-10-14(11-9-7-2)15-12(3)13(4,5)16(14)17/h6-11H2,1-5H3. The van der Waals surface area contributed by atoms with Gasteiger partial charge in [0.2, 0.25) is 0 Å². The highest BCUT2D eigenvalue weighted by Crippen LogP contribution is 2.40. The molecule has 0 atom stereocenters. The monoisotopic (exact) mass is 239 g/mol. The van der Waals surface area contributed by atoms with Gasteiger partial charge in [-0.15, -0.1) is 10.3 Å². The Labute approximate surface area is 106 Å². The molecule has 1 heterocycles. The van der Waals surface area contributed by atoms with Gasteiger partial charge in [-0.1, -0.05) is 26.7 Å². The second kappa shape index (κ2) is 5.49. The predicted octanol–water partition coefficient (Wildman–Crippen LogP) is 3.96. The molecule has 0 aromatic rings. The van der Waals surface area contributed by atoms with Gasteiger partial charge < -0.3 is 0 Å². The smallest absolute Gasteiger partial charge is 0.139 e. The molecule has 0 bridgehead atoms. The van der Waals surface area contributed by atoms with Gasteiger partial charge in [0.15, 0.2) is 0 Å². The Hall–Kier alpha value is -0.410. The van der Waals surface area contributed by atoms with E-state index in [1.165, 1.54) is 5.06 Å². The molecule has 1 radical (unpaired) electrons. The maximum absolute atomic E-state index is 12.6. The Morgan fingerprint density at radius 1 is 1.12 bits per heavy atom. The second-order valence-electron chi connectivity index (χ2n) is 5.74. The molecule has 0 saturated heterocycles. The lowest BCUT2D eigenvalue weighted by atomic mass is 9.94. The number of unbranched alkanes of at least 4 members (excludes halogenated alkanes) is 2. The summed E-state index contributed by atoms with van der Waals surface area (Å²) in [6.45, 7) is 10.3. The van der Waals surface area contributed by atoms with E-state index in [0.29, 0.717) is 0 Å². The van der Waals surface area contributed by atoms with Crippen LogP contribution >= 0.6 is 0 Å². The van der Waals surface area contributed by atoms with Crippen molar-refractivity contribution in [2.45, 2.75) is 84.3 Å². The molecular weight excluding hydrogens is 212 g/mol. The van der Waals surface area contributed by atoms with E-state index in [1.807, 2.05) is 20.8 Å². The molecule has 3 nitrogen and oxygen atoms in total. The second-order valence-corrected chi connectivity index (χ2v) is 5.74. The van der Waals surface area contributed by atoms with Gasteiger partial charge in [0.05, 0.1) is 5.54 Å². The number of aliphatic imine (C=N–C) groups is 1. The molecule has 17 heavy (non-hydrogen) atoms.